The number of nitrogens with two attached hydrogens (primary N) is 2. The summed E-state index contributed by atoms with van der Waals surface area (Å²) in [5, 5.41) is 0. The van der Waals surface area contributed by atoms with Gasteiger partial charge in [0.25, 0.3) is 0 Å². The number of hydrogen-bond donors (Lipinski definition) is 2. The molecule has 1 aromatic carbocycles. The van der Waals surface area contributed by atoms with Crippen molar-refractivity contribution in [2.24, 2.45) is 0 Å². The third kappa shape index (κ3) is 2.87. The summed E-state index contributed by atoms with van der Waals surface area (Å²) >= 11 is 0. The third-order valence-electron chi connectivity index (χ3n) is 2.09. The van der Waals surface area contributed by atoms with E-state index in [1.165, 1.54) is 0 Å². The highest BCUT2D eigenvalue weighted by Crippen LogP contribution is 2.22. The minimum atomic E-state index is -0.306. The summed E-state index contributed by atoms with van der Waals surface area (Å²) in [6.07, 6.45) is 0.131. The lowest BCUT2D eigenvalue weighted by Crippen LogP contribution is -2.11. The summed E-state index contributed by atoms with van der Waals surface area (Å²) in [6.45, 7) is 4.03. The first-order valence-corrected chi connectivity index (χ1v) is 4.84. The molecule has 0 saturated carbocycles. The van der Waals surface area contributed by atoms with Crippen molar-refractivity contribution in [3.63, 3.8) is 0 Å². The topological polar surface area (TPSA) is 78.3 Å². The second-order valence-electron chi connectivity index (χ2n) is 3.40. The van der Waals surface area contributed by atoms with Crippen molar-refractivity contribution in [1.82, 2.24) is 0 Å². The van der Waals surface area contributed by atoms with Crippen LogP contribution in [-0.4, -0.2) is 12.6 Å². The van der Waals surface area contributed by atoms with Crippen LogP contribution in [0, 0.1) is 6.92 Å². The number of carbonyl (C=O) groups excluding carboxylic acids is 1. The van der Waals surface area contributed by atoms with Crippen molar-refractivity contribution in [3.8, 4) is 0 Å². The van der Waals surface area contributed by atoms with Crippen molar-refractivity contribution < 1.29 is 9.53 Å². The lowest BCUT2D eigenvalue weighted by Gasteiger charge is -2.09. The van der Waals surface area contributed by atoms with Gasteiger partial charge in [-0.3, -0.25) is 4.79 Å². The molecule has 0 amide bonds. The van der Waals surface area contributed by atoms with Crippen molar-refractivity contribution in [2.75, 3.05) is 18.1 Å². The molecule has 0 radical (unpaired) electrons. The molecule has 0 saturated heterocycles. The fourth-order valence-corrected chi connectivity index (χ4v) is 1.43. The fraction of sp³-hybridized carbons (Fsp3) is 0.364. The van der Waals surface area contributed by atoms with Crippen LogP contribution >= 0.6 is 0 Å². The van der Waals surface area contributed by atoms with Gasteiger partial charge in [0.15, 0.2) is 0 Å². The zero-order valence-electron chi connectivity index (χ0n) is 9.04. The van der Waals surface area contributed by atoms with E-state index in [9.17, 15) is 4.79 Å². The summed E-state index contributed by atoms with van der Waals surface area (Å²) < 4.78 is 4.84. The molecule has 0 aliphatic rings. The summed E-state index contributed by atoms with van der Waals surface area (Å²) in [4.78, 5) is 11.3. The standard InChI is InChI=1S/C11H16N2O2/c1-3-15-11(14)6-8-9(12)4-7(2)5-10(8)13/h4-5H,3,6,12-13H2,1-2H3. The van der Waals surface area contributed by atoms with Crippen molar-refractivity contribution in [2.45, 2.75) is 20.3 Å². The Bertz CT molecular complexity index is 352. The average Bonchev–Trinajstić information content (AvgIpc) is 2.11. The number of benzene rings is 1. The van der Waals surface area contributed by atoms with Crippen LogP contribution in [0.15, 0.2) is 12.1 Å². The molecule has 0 aliphatic carbocycles. The lowest BCUT2D eigenvalue weighted by atomic mass is 10.0. The molecular formula is C11H16N2O2. The lowest BCUT2D eigenvalue weighted by molar-refractivity contribution is -0.142. The number of carbonyl (C=O) groups is 1. The van der Waals surface area contributed by atoms with Gasteiger partial charge in [0.2, 0.25) is 0 Å². The van der Waals surface area contributed by atoms with Crippen molar-refractivity contribution in [1.29, 1.82) is 0 Å². The number of anilines is 2. The van der Waals surface area contributed by atoms with Gasteiger partial charge in [0.05, 0.1) is 13.0 Å². The predicted octanol–water partition coefficient (Wildman–Crippen LogP) is 1.27. The van der Waals surface area contributed by atoms with Gasteiger partial charge in [-0.1, -0.05) is 0 Å². The summed E-state index contributed by atoms with van der Waals surface area (Å²) in [5.74, 6) is -0.306. The van der Waals surface area contributed by atoms with Gasteiger partial charge in [-0.05, 0) is 31.5 Å². The molecule has 0 atom stereocenters. The first kappa shape index (κ1) is 11.4. The molecule has 0 spiro atoms. The predicted molar refractivity (Wildman–Crippen MR) is 60.3 cm³/mol. The number of hydrogen-bond acceptors (Lipinski definition) is 4. The Kier molecular flexibility index (Phi) is 3.55. The summed E-state index contributed by atoms with van der Waals surface area (Å²) in [6, 6.07) is 3.59. The van der Waals surface area contributed by atoms with E-state index >= 15 is 0 Å². The Morgan fingerprint density at radius 1 is 1.33 bits per heavy atom. The smallest absolute Gasteiger partial charge is 0.310 e. The van der Waals surface area contributed by atoms with E-state index in [0.29, 0.717) is 23.5 Å². The highest BCUT2D eigenvalue weighted by molar-refractivity contribution is 5.78. The molecular weight excluding hydrogens is 192 g/mol. The van der Waals surface area contributed by atoms with Crippen LogP contribution in [0.5, 0.6) is 0 Å². The Hall–Kier alpha value is -1.71. The van der Waals surface area contributed by atoms with Crippen LogP contribution < -0.4 is 11.5 Å². The van der Waals surface area contributed by atoms with E-state index in [1.54, 1.807) is 19.1 Å². The maximum Gasteiger partial charge on any atom is 0.310 e. The van der Waals surface area contributed by atoms with E-state index < -0.39 is 0 Å². The van der Waals surface area contributed by atoms with Crippen LogP contribution in [-0.2, 0) is 16.0 Å². The second kappa shape index (κ2) is 4.68. The average molecular weight is 208 g/mol. The first-order chi connectivity index (χ1) is 7.04. The summed E-state index contributed by atoms with van der Waals surface area (Å²) in [7, 11) is 0. The van der Waals surface area contributed by atoms with E-state index in [1.807, 2.05) is 6.92 Å². The van der Waals surface area contributed by atoms with Gasteiger partial charge in [-0.15, -0.1) is 0 Å². The van der Waals surface area contributed by atoms with Gasteiger partial charge in [0.1, 0.15) is 0 Å². The molecule has 0 unspecified atom stereocenters. The Labute approximate surface area is 89.2 Å². The number of aryl methyl sites for hydroxylation is 1. The minimum Gasteiger partial charge on any atom is -0.466 e. The van der Waals surface area contributed by atoms with Gasteiger partial charge in [-0.2, -0.15) is 0 Å². The fourth-order valence-electron chi connectivity index (χ4n) is 1.43. The van der Waals surface area contributed by atoms with E-state index in [4.69, 9.17) is 16.2 Å². The molecule has 1 aromatic rings. The van der Waals surface area contributed by atoms with E-state index in [-0.39, 0.29) is 12.4 Å². The molecule has 0 bridgehead atoms. The van der Waals surface area contributed by atoms with Crippen molar-refractivity contribution >= 4 is 17.3 Å². The van der Waals surface area contributed by atoms with Gasteiger partial charge < -0.3 is 16.2 Å². The Morgan fingerprint density at radius 3 is 2.33 bits per heavy atom. The number of ether oxygens (including phenoxy) is 1. The molecule has 0 aliphatic heterocycles. The van der Waals surface area contributed by atoms with Gasteiger partial charge in [-0.25, -0.2) is 0 Å². The molecule has 4 N–H and O–H groups in total. The number of esters is 1. The molecule has 0 fully saturated rings. The van der Waals surface area contributed by atoms with Crippen molar-refractivity contribution in [3.05, 3.63) is 23.3 Å². The third-order valence-corrected chi connectivity index (χ3v) is 2.09. The van der Waals surface area contributed by atoms with Gasteiger partial charge >= 0.3 is 5.97 Å². The minimum absolute atomic E-state index is 0.131. The van der Waals surface area contributed by atoms with Crippen LogP contribution in [0.4, 0.5) is 11.4 Å². The SMILES string of the molecule is CCOC(=O)Cc1c(N)cc(C)cc1N. The Balaban J connectivity index is 2.90. The number of rotatable bonds is 3. The monoisotopic (exact) mass is 208 g/mol. The van der Waals surface area contributed by atoms with Crippen LogP contribution in [0.3, 0.4) is 0 Å². The summed E-state index contributed by atoms with van der Waals surface area (Å²) in [5.41, 5.74) is 14.3. The molecule has 1 rings (SSSR count). The first-order valence-electron chi connectivity index (χ1n) is 4.84. The largest absolute Gasteiger partial charge is 0.466 e. The molecule has 4 heteroatoms. The molecule has 4 nitrogen and oxygen atoms in total. The second-order valence-corrected chi connectivity index (χ2v) is 3.40. The molecule has 15 heavy (non-hydrogen) atoms. The zero-order chi connectivity index (χ0) is 11.4. The molecule has 0 heterocycles. The highest BCUT2D eigenvalue weighted by Gasteiger charge is 2.10. The normalized spacial score (nSPS) is 10.0. The van der Waals surface area contributed by atoms with Crippen LogP contribution in [0.2, 0.25) is 0 Å². The zero-order valence-corrected chi connectivity index (χ0v) is 9.04. The maximum atomic E-state index is 11.3. The Morgan fingerprint density at radius 2 is 1.87 bits per heavy atom. The molecule has 0 aromatic heterocycles. The van der Waals surface area contributed by atoms with Crippen LogP contribution in [0.25, 0.3) is 0 Å². The molecule has 82 valence electrons. The highest BCUT2D eigenvalue weighted by atomic mass is 16.5. The van der Waals surface area contributed by atoms with E-state index in [0.717, 1.165) is 5.56 Å². The quantitative estimate of drug-likeness (QED) is 0.579. The van der Waals surface area contributed by atoms with Crippen LogP contribution in [0.1, 0.15) is 18.1 Å². The maximum absolute atomic E-state index is 11.3. The van der Waals surface area contributed by atoms with Gasteiger partial charge in [0, 0.05) is 16.9 Å². The number of nitrogen functional groups attached to an aromatic ring is 2. The van der Waals surface area contributed by atoms with E-state index in [2.05, 4.69) is 0 Å².